The molecule has 8 heteroatoms. The van der Waals surface area contributed by atoms with Crippen LogP contribution in [0, 0.1) is 0 Å². The van der Waals surface area contributed by atoms with Gasteiger partial charge in [0.2, 0.25) is 5.91 Å². The molecule has 0 saturated carbocycles. The van der Waals surface area contributed by atoms with Crippen LogP contribution in [-0.2, 0) is 9.59 Å². The van der Waals surface area contributed by atoms with Crippen molar-refractivity contribution in [2.24, 2.45) is 5.73 Å². The largest absolute Gasteiger partial charge is 0.480 e. The molecule has 0 spiro atoms. The van der Waals surface area contributed by atoms with Gasteiger partial charge in [-0.3, -0.25) is 14.6 Å². The number of carboxylic acids is 1. The summed E-state index contributed by atoms with van der Waals surface area (Å²) in [4.78, 5) is 37.1. The number of amides is 2. The first-order chi connectivity index (χ1) is 8.90. The number of rotatable bonds is 6. The highest BCUT2D eigenvalue weighted by Crippen LogP contribution is 2.08. The van der Waals surface area contributed by atoms with Crippen LogP contribution in [-0.4, -0.2) is 33.9 Å². The number of carbonyl (C=O) groups is 3. The van der Waals surface area contributed by atoms with Crippen molar-refractivity contribution in [1.82, 2.24) is 10.3 Å². The zero-order valence-corrected chi connectivity index (χ0v) is 10.6. The number of nitrogens with one attached hydrogen (secondary N) is 1. The predicted octanol–water partition coefficient (Wildman–Crippen LogP) is 0.183. The van der Waals surface area contributed by atoms with E-state index >= 15 is 0 Å². The Morgan fingerprint density at radius 3 is 2.68 bits per heavy atom. The third-order valence-corrected chi connectivity index (χ3v) is 2.47. The zero-order valence-electron chi connectivity index (χ0n) is 9.80. The van der Waals surface area contributed by atoms with Crippen molar-refractivity contribution >= 4 is 29.4 Å². The number of carboxylic acid groups (broad SMARTS) is 1. The minimum absolute atomic E-state index is 0.00201. The Kier molecular flexibility index (Phi) is 5.25. The molecule has 7 nitrogen and oxygen atoms in total. The van der Waals surface area contributed by atoms with Crippen molar-refractivity contribution in [3.63, 3.8) is 0 Å². The molecule has 102 valence electrons. The molecular formula is C11H12ClN3O4. The fourth-order valence-corrected chi connectivity index (χ4v) is 1.46. The number of pyridine rings is 1. The number of aliphatic carboxylic acids is 1. The summed E-state index contributed by atoms with van der Waals surface area (Å²) in [5, 5.41) is 11.5. The average Bonchev–Trinajstić information content (AvgIpc) is 2.33. The van der Waals surface area contributed by atoms with E-state index in [9.17, 15) is 14.4 Å². The van der Waals surface area contributed by atoms with Crippen molar-refractivity contribution in [1.29, 1.82) is 0 Å². The van der Waals surface area contributed by atoms with E-state index in [1.54, 1.807) is 0 Å². The first-order valence-corrected chi connectivity index (χ1v) is 5.71. The van der Waals surface area contributed by atoms with Gasteiger partial charge in [-0.05, 0) is 18.6 Å². The lowest BCUT2D eigenvalue weighted by Gasteiger charge is -2.13. The third-order valence-electron chi connectivity index (χ3n) is 2.24. The first-order valence-electron chi connectivity index (χ1n) is 5.33. The second kappa shape index (κ2) is 6.69. The van der Waals surface area contributed by atoms with E-state index in [2.05, 4.69) is 10.3 Å². The summed E-state index contributed by atoms with van der Waals surface area (Å²) in [7, 11) is 0. The van der Waals surface area contributed by atoms with E-state index in [0.29, 0.717) is 5.02 Å². The molecule has 1 rings (SSSR count). The van der Waals surface area contributed by atoms with Crippen molar-refractivity contribution in [3.05, 3.63) is 29.0 Å². The second-order valence-corrected chi connectivity index (χ2v) is 4.17. The molecule has 0 saturated heterocycles. The van der Waals surface area contributed by atoms with Crippen LogP contribution in [0.3, 0.4) is 0 Å². The summed E-state index contributed by atoms with van der Waals surface area (Å²) in [6.45, 7) is 0. The molecule has 2 amide bonds. The SMILES string of the molecule is NC(=O)CC[C@@H](NC(=O)c1cc(Cl)ccn1)C(=O)O. The predicted molar refractivity (Wildman–Crippen MR) is 66.6 cm³/mol. The Balaban J connectivity index is 2.71. The highest BCUT2D eigenvalue weighted by Gasteiger charge is 2.21. The maximum atomic E-state index is 11.7. The van der Waals surface area contributed by atoms with Gasteiger partial charge < -0.3 is 16.2 Å². The fourth-order valence-electron chi connectivity index (χ4n) is 1.31. The molecule has 1 atom stereocenters. The van der Waals surface area contributed by atoms with Gasteiger partial charge in [0.25, 0.3) is 5.91 Å². The molecule has 0 fully saturated rings. The smallest absolute Gasteiger partial charge is 0.326 e. The molecule has 1 aromatic heterocycles. The highest BCUT2D eigenvalue weighted by atomic mass is 35.5. The highest BCUT2D eigenvalue weighted by molar-refractivity contribution is 6.30. The number of hydrogen-bond acceptors (Lipinski definition) is 4. The Morgan fingerprint density at radius 2 is 2.16 bits per heavy atom. The number of primary amides is 1. The number of aromatic nitrogens is 1. The van der Waals surface area contributed by atoms with E-state index in [-0.39, 0.29) is 18.5 Å². The third kappa shape index (κ3) is 4.92. The van der Waals surface area contributed by atoms with E-state index < -0.39 is 23.8 Å². The molecule has 0 aliphatic rings. The lowest BCUT2D eigenvalue weighted by Crippen LogP contribution is -2.41. The molecule has 0 aromatic carbocycles. The van der Waals surface area contributed by atoms with Gasteiger partial charge in [-0.25, -0.2) is 4.79 Å². The summed E-state index contributed by atoms with van der Waals surface area (Å²) < 4.78 is 0. The normalized spacial score (nSPS) is 11.6. The van der Waals surface area contributed by atoms with Crippen LogP contribution in [0.4, 0.5) is 0 Å². The van der Waals surface area contributed by atoms with E-state index in [0.717, 1.165) is 0 Å². The van der Waals surface area contributed by atoms with Gasteiger partial charge in [-0.15, -0.1) is 0 Å². The Bertz CT molecular complexity index is 506. The molecule has 0 radical (unpaired) electrons. The van der Waals surface area contributed by atoms with Gasteiger partial charge in [0, 0.05) is 17.6 Å². The number of carbonyl (C=O) groups excluding carboxylic acids is 2. The van der Waals surface area contributed by atoms with Crippen molar-refractivity contribution < 1.29 is 19.5 Å². The molecule has 0 unspecified atom stereocenters. The first kappa shape index (κ1) is 14.9. The Morgan fingerprint density at radius 1 is 1.47 bits per heavy atom. The molecule has 19 heavy (non-hydrogen) atoms. The number of nitrogens with two attached hydrogens (primary N) is 1. The molecule has 1 aromatic rings. The molecule has 0 aliphatic carbocycles. The summed E-state index contributed by atoms with van der Waals surface area (Å²) in [5.74, 6) is -2.57. The lowest BCUT2D eigenvalue weighted by atomic mass is 10.1. The molecule has 1 heterocycles. The minimum Gasteiger partial charge on any atom is -0.480 e. The summed E-state index contributed by atoms with van der Waals surface area (Å²) >= 11 is 5.69. The van der Waals surface area contributed by atoms with E-state index in [4.69, 9.17) is 22.4 Å². The van der Waals surface area contributed by atoms with Crippen LogP contribution in [0.25, 0.3) is 0 Å². The molecule has 0 aliphatic heterocycles. The maximum absolute atomic E-state index is 11.7. The minimum atomic E-state index is -1.25. The Hall–Kier alpha value is -2.15. The summed E-state index contributed by atoms with van der Waals surface area (Å²) in [5.41, 5.74) is 4.93. The van der Waals surface area contributed by atoms with Gasteiger partial charge >= 0.3 is 5.97 Å². The van der Waals surface area contributed by atoms with E-state index in [1.165, 1.54) is 18.3 Å². The lowest BCUT2D eigenvalue weighted by molar-refractivity contribution is -0.139. The topological polar surface area (TPSA) is 122 Å². The zero-order chi connectivity index (χ0) is 14.4. The average molecular weight is 286 g/mol. The number of nitrogens with zero attached hydrogens (tertiary/aromatic N) is 1. The van der Waals surface area contributed by atoms with Crippen molar-refractivity contribution in [3.8, 4) is 0 Å². The number of hydrogen-bond donors (Lipinski definition) is 3. The number of halogens is 1. The summed E-state index contributed by atoms with van der Waals surface area (Å²) in [6.07, 6.45) is 1.10. The van der Waals surface area contributed by atoms with Crippen molar-refractivity contribution in [2.75, 3.05) is 0 Å². The van der Waals surface area contributed by atoms with Crippen LogP contribution in [0.15, 0.2) is 18.3 Å². The maximum Gasteiger partial charge on any atom is 0.326 e. The fraction of sp³-hybridized carbons (Fsp3) is 0.273. The van der Waals surface area contributed by atoms with Gasteiger partial charge in [0.1, 0.15) is 11.7 Å². The quantitative estimate of drug-likeness (QED) is 0.688. The Labute approximate surface area is 113 Å². The van der Waals surface area contributed by atoms with Crippen LogP contribution < -0.4 is 11.1 Å². The van der Waals surface area contributed by atoms with Crippen LogP contribution in [0.2, 0.25) is 5.02 Å². The second-order valence-electron chi connectivity index (χ2n) is 3.73. The van der Waals surface area contributed by atoms with Crippen LogP contribution in [0.1, 0.15) is 23.3 Å². The molecule has 0 bridgehead atoms. The molecule has 4 N–H and O–H groups in total. The van der Waals surface area contributed by atoms with Gasteiger partial charge in [-0.2, -0.15) is 0 Å². The standard InChI is InChI=1S/C11H12ClN3O4/c12-6-3-4-14-8(5-6)10(17)15-7(11(18)19)1-2-9(13)16/h3-5,7H,1-2H2,(H2,13,16)(H,15,17)(H,18,19)/t7-/m1/s1. The molecular weight excluding hydrogens is 274 g/mol. The van der Waals surface area contributed by atoms with Crippen LogP contribution >= 0.6 is 11.6 Å². The van der Waals surface area contributed by atoms with Gasteiger partial charge in [0.15, 0.2) is 0 Å². The van der Waals surface area contributed by atoms with Gasteiger partial charge in [-0.1, -0.05) is 11.6 Å². The monoisotopic (exact) mass is 285 g/mol. The summed E-state index contributed by atoms with van der Waals surface area (Å²) in [6, 6.07) is 1.59. The van der Waals surface area contributed by atoms with Gasteiger partial charge in [0.05, 0.1) is 0 Å². The van der Waals surface area contributed by atoms with E-state index in [1.807, 2.05) is 0 Å². The van der Waals surface area contributed by atoms with Crippen LogP contribution in [0.5, 0.6) is 0 Å². The van der Waals surface area contributed by atoms with Crippen molar-refractivity contribution in [2.45, 2.75) is 18.9 Å².